The predicted molar refractivity (Wildman–Crippen MR) is 63.7 cm³/mol. The van der Waals surface area contributed by atoms with Gasteiger partial charge in [-0.2, -0.15) is 11.8 Å². The van der Waals surface area contributed by atoms with Crippen LogP contribution in [0, 0.1) is 5.82 Å². The summed E-state index contributed by atoms with van der Waals surface area (Å²) in [6.07, 6.45) is 0.253. The zero-order valence-electron chi connectivity index (χ0n) is 9.11. The van der Waals surface area contributed by atoms with Crippen LogP contribution in [0.25, 0.3) is 0 Å². The van der Waals surface area contributed by atoms with Crippen molar-refractivity contribution in [3.63, 3.8) is 0 Å². The molecule has 3 heteroatoms. The molecule has 0 aliphatic rings. The van der Waals surface area contributed by atoms with E-state index >= 15 is 0 Å². The third-order valence-corrected chi connectivity index (χ3v) is 3.25. The smallest absolute Gasteiger partial charge is 0.123 e. The summed E-state index contributed by atoms with van der Waals surface area (Å²) in [4.78, 5) is 0. The van der Waals surface area contributed by atoms with E-state index in [0.29, 0.717) is 11.7 Å². The molecule has 1 N–H and O–H groups in total. The van der Waals surface area contributed by atoms with E-state index < -0.39 is 0 Å². The van der Waals surface area contributed by atoms with Gasteiger partial charge in [0, 0.05) is 5.75 Å². The lowest BCUT2D eigenvalue weighted by Gasteiger charge is -2.11. The van der Waals surface area contributed by atoms with Crippen LogP contribution in [-0.4, -0.2) is 22.2 Å². The molecule has 0 radical (unpaired) electrons. The van der Waals surface area contributed by atoms with Crippen molar-refractivity contribution in [1.29, 1.82) is 0 Å². The van der Waals surface area contributed by atoms with Crippen LogP contribution in [0.5, 0.6) is 0 Å². The minimum atomic E-state index is -0.345. The summed E-state index contributed by atoms with van der Waals surface area (Å²) < 4.78 is 12.6. The highest BCUT2D eigenvalue weighted by molar-refractivity contribution is 7.99. The van der Waals surface area contributed by atoms with Gasteiger partial charge < -0.3 is 5.11 Å². The number of halogens is 1. The number of aliphatic hydroxyl groups is 1. The number of hydrogen-bond donors (Lipinski definition) is 1. The SMILES string of the molecule is CC(C)SCC(O)Cc1ccc(F)cc1. The van der Waals surface area contributed by atoms with E-state index in [1.165, 1.54) is 12.1 Å². The minimum absolute atomic E-state index is 0.232. The van der Waals surface area contributed by atoms with Gasteiger partial charge in [0.2, 0.25) is 0 Å². The van der Waals surface area contributed by atoms with Gasteiger partial charge in [-0.1, -0.05) is 26.0 Å². The second kappa shape index (κ2) is 6.13. The van der Waals surface area contributed by atoms with Crippen molar-refractivity contribution in [3.8, 4) is 0 Å². The molecule has 0 saturated heterocycles. The Bertz CT molecular complexity index is 284. The molecule has 0 aliphatic carbocycles. The number of thioether (sulfide) groups is 1. The van der Waals surface area contributed by atoms with Crippen LogP contribution in [0.4, 0.5) is 4.39 Å². The van der Waals surface area contributed by atoms with Gasteiger partial charge in [-0.15, -0.1) is 0 Å². The molecule has 1 unspecified atom stereocenters. The average molecular weight is 228 g/mol. The van der Waals surface area contributed by atoms with Crippen molar-refractivity contribution in [2.45, 2.75) is 31.6 Å². The summed E-state index contributed by atoms with van der Waals surface area (Å²) in [5.41, 5.74) is 0.980. The van der Waals surface area contributed by atoms with E-state index in [1.807, 2.05) is 0 Å². The van der Waals surface area contributed by atoms with Crippen molar-refractivity contribution in [3.05, 3.63) is 35.6 Å². The number of rotatable bonds is 5. The molecule has 1 rings (SSSR count). The third kappa shape index (κ3) is 5.19. The summed E-state index contributed by atoms with van der Waals surface area (Å²) in [6.45, 7) is 4.21. The van der Waals surface area contributed by atoms with Crippen molar-refractivity contribution >= 4 is 11.8 Å². The fourth-order valence-corrected chi connectivity index (χ4v) is 1.98. The van der Waals surface area contributed by atoms with Gasteiger partial charge >= 0.3 is 0 Å². The maximum absolute atomic E-state index is 12.6. The van der Waals surface area contributed by atoms with Gasteiger partial charge in [0.15, 0.2) is 0 Å². The van der Waals surface area contributed by atoms with E-state index in [4.69, 9.17) is 0 Å². The summed E-state index contributed by atoms with van der Waals surface area (Å²) in [5, 5.41) is 10.2. The molecule has 0 aliphatic heterocycles. The van der Waals surface area contributed by atoms with Gasteiger partial charge in [0.05, 0.1) is 6.10 Å². The maximum Gasteiger partial charge on any atom is 0.123 e. The Morgan fingerprint density at radius 1 is 1.27 bits per heavy atom. The fraction of sp³-hybridized carbons (Fsp3) is 0.500. The van der Waals surface area contributed by atoms with Gasteiger partial charge in [-0.05, 0) is 29.4 Å². The van der Waals surface area contributed by atoms with Crippen molar-refractivity contribution in [2.75, 3.05) is 5.75 Å². The van der Waals surface area contributed by atoms with Crippen molar-refractivity contribution in [1.82, 2.24) is 0 Å². The second-order valence-corrected chi connectivity index (χ2v) is 5.48. The summed E-state index contributed by atoms with van der Waals surface area (Å²) in [7, 11) is 0. The van der Waals surface area contributed by atoms with Crippen LogP contribution >= 0.6 is 11.8 Å². The van der Waals surface area contributed by atoms with E-state index in [0.717, 1.165) is 11.3 Å². The van der Waals surface area contributed by atoms with Crippen LogP contribution in [0.2, 0.25) is 0 Å². The highest BCUT2D eigenvalue weighted by atomic mass is 32.2. The first kappa shape index (κ1) is 12.5. The van der Waals surface area contributed by atoms with Gasteiger partial charge in [-0.25, -0.2) is 4.39 Å². The maximum atomic E-state index is 12.6. The number of hydrogen-bond acceptors (Lipinski definition) is 2. The third-order valence-electron chi connectivity index (χ3n) is 2.01. The Morgan fingerprint density at radius 3 is 2.40 bits per heavy atom. The largest absolute Gasteiger partial charge is 0.392 e. The van der Waals surface area contributed by atoms with E-state index in [2.05, 4.69) is 13.8 Å². The Hall–Kier alpha value is -0.540. The molecule has 1 aromatic carbocycles. The Balaban J connectivity index is 2.37. The van der Waals surface area contributed by atoms with Gasteiger partial charge in [0.1, 0.15) is 5.82 Å². The van der Waals surface area contributed by atoms with E-state index in [9.17, 15) is 9.50 Å². The van der Waals surface area contributed by atoms with Gasteiger partial charge in [0.25, 0.3) is 0 Å². The highest BCUT2D eigenvalue weighted by Gasteiger charge is 2.07. The first-order valence-electron chi connectivity index (χ1n) is 5.12. The van der Waals surface area contributed by atoms with Crippen LogP contribution in [0.15, 0.2) is 24.3 Å². The lowest BCUT2D eigenvalue weighted by atomic mass is 10.1. The van der Waals surface area contributed by atoms with E-state index in [-0.39, 0.29) is 11.9 Å². The first-order chi connectivity index (χ1) is 7.08. The normalized spacial score (nSPS) is 13.1. The molecule has 1 nitrogen and oxygen atoms in total. The summed E-state index contributed by atoms with van der Waals surface area (Å²) in [5.74, 6) is 0.500. The average Bonchev–Trinajstić information content (AvgIpc) is 2.19. The molecule has 84 valence electrons. The first-order valence-corrected chi connectivity index (χ1v) is 6.17. The predicted octanol–water partition coefficient (Wildman–Crippen LogP) is 2.87. The zero-order chi connectivity index (χ0) is 11.3. The summed E-state index contributed by atoms with van der Waals surface area (Å²) in [6, 6.07) is 6.30. The van der Waals surface area contributed by atoms with Crippen LogP contribution in [0.3, 0.4) is 0 Å². The molecule has 0 spiro atoms. The molecule has 1 atom stereocenters. The molecule has 0 aromatic heterocycles. The highest BCUT2D eigenvalue weighted by Crippen LogP contribution is 2.13. The lowest BCUT2D eigenvalue weighted by molar-refractivity contribution is 0.200. The molecule has 0 heterocycles. The Kier molecular flexibility index (Phi) is 5.12. The molecule has 0 saturated carbocycles. The lowest BCUT2D eigenvalue weighted by Crippen LogP contribution is -2.14. The Morgan fingerprint density at radius 2 is 1.87 bits per heavy atom. The van der Waals surface area contributed by atoms with Crippen molar-refractivity contribution < 1.29 is 9.50 Å². The molecule has 15 heavy (non-hydrogen) atoms. The zero-order valence-corrected chi connectivity index (χ0v) is 9.93. The number of aliphatic hydroxyl groups excluding tert-OH is 1. The van der Waals surface area contributed by atoms with E-state index in [1.54, 1.807) is 23.9 Å². The number of benzene rings is 1. The van der Waals surface area contributed by atoms with Gasteiger partial charge in [-0.3, -0.25) is 0 Å². The quantitative estimate of drug-likeness (QED) is 0.836. The van der Waals surface area contributed by atoms with Crippen LogP contribution in [0.1, 0.15) is 19.4 Å². The van der Waals surface area contributed by atoms with Crippen molar-refractivity contribution in [2.24, 2.45) is 0 Å². The molecular weight excluding hydrogens is 211 g/mol. The molecule has 1 aromatic rings. The monoisotopic (exact) mass is 228 g/mol. The molecule has 0 fully saturated rings. The molecular formula is C12H17FOS. The molecule has 0 bridgehead atoms. The topological polar surface area (TPSA) is 20.2 Å². The molecule has 0 amide bonds. The van der Waals surface area contributed by atoms with Crippen LogP contribution in [-0.2, 0) is 6.42 Å². The second-order valence-electron chi connectivity index (χ2n) is 3.87. The summed E-state index contributed by atoms with van der Waals surface area (Å²) >= 11 is 1.74. The minimum Gasteiger partial charge on any atom is -0.392 e. The Labute approximate surface area is 94.7 Å². The van der Waals surface area contributed by atoms with Crippen LogP contribution < -0.4 is 0 Å². The standard InChI is InChI=1S/C12H17FOS/c1-9(2)15-8-12(14)7-10-3-5-11(13)6-4-10/h3-6,9,12,14H,7-8H2,1-2H3. The fourth-order valence-electron chi connectivity index (χ4n) is 1.26.